The molecular formula is C19H28NO2+. The summed E-state index contributed by atoms with van der Waals surface area (Å²) in [6.07, 6.45) is 5.15. The van der Waals surface area contributed by atoms with Crippen LogP contribution in [-0.4, -0.2) is 49.0 Å². The van der Waals surface area contributed by atoms with Crippen LogP contribution in [0.2, 0.25) is 0 Å². The number of ether oxygens (including phenoxy) is 1. The van der Waals surface area contributed by atoms with Gasteiger partial charge >= 0.3 is 0 Å². The van der Waals surface area contributed by atoms with Gasteiger partial charge in [0.15, 0.2) is 0 Å². The van der Waals surface area contributed by atoms with E-state index in [4.69, 9.17) is 4.74 Å². The van der Waals surface area contributed by atoms with Crippen LogP contribution in [0.4, 0.5) is 0 Å². The standard InChI is InChI=1S/C19H28NO2/c1-20-11-9-15(10-12-20)18(13-20)22-14-19(21,17-7-8-17)16-5-3-2-4-6-16/h2-6,15,17-18,21H,7-14H2,1H3/q+1/t15?,18-,19?,20?/m1/s1. The third kappa shape index (κ3) is 2.60. The van der Waals surface area contributed by atoms with Gasteiger partial charge in [0.1, 0.15) is 18.2 Å². The van der Waals surface area contributed by atoms with Crippen LogP contribution in [0, 0.1) is 11.8 Å². The van der Waals surface area contributed by atoms with Gasteiger partial charge in [0.25, 0.3) is 0 Å². The molecule has 4 aliphatic rings. The second-order valence-corrected chi connectivity index (χ2v) is 8.00. The van der Waals surface area contributed by atoms with Crippen molar-refractivity contribution in [1.82, 2.24) is 0 Å². The number of likely N-dealkylation sites (N-methyl/N-ethyl adjacent to an activating group) is 1. The smallest absolute Gasteiger partial charge is 0.116 e. The highest BCUT2D eigenvalue weighted by Gasteiger charge is 2.48. The number of hydrogen-bond acceptors (Lipinski definition) is 2. The van der Waals surface area contributed by atoms with E-state index < -0.39 is 5.60 Å². The Balaban J connectivity index is 1.47. The number of aliphatic hydroxyl groups is 1. The molecule has 0 amide bonds. The van der Waals surface area contributed by atoms with Crippen LogP contribution in [0.25, 0.3) is 0 Å². The Hall–Kier alpha value is -0.900. The number of quaternary nitrogens is 1. The SMILES string of the molecule is C[N+]12CCC(CC1)[C@H](OCC(O)(c1ccccc1)C1CC1)C2. The van der Waals surface area contributed by atoms with Crippen molar-refractivity contribution >= 4 is 0 Å². The molecule has 1 aromatic rings. The average Bonchev–Trinajstić information content (AvgIpc) is 3.39. The van der Waals surface area contributed by atoms with Crippen molar-refractivity contribution in [2.24, 2.45) is 11.8 Å². The Morgan fingerprint density at radius 2 is 1.82 bits per heavy atom. The van der Waals surface area contributed by atoms with Crippen LogP contribution >= 0.6 is 0 Å². The summed E-state index contributed by atoms with van der Waals surface area (Å²) in [5, 5.41) is 11.3. The van der Waals surface area contributed by atoms with E-state index in [9.17, 15) is 5.11 Å². The van der Waals surface area contributed by atoms with Gasteiger partial charge in [-0.1, -0.05) is 30.3 Å². The molecule has 1 aromatic carbocycles. The maximum Gasteiger partial charge on any atom is 0.116 e. The van der Waals surface area contributed by atoms with Gasteiger partial charge in [-0.2, -0.15) is 0 Å². The molecule has 3 nitrogen and oxygen atoms in total. The van der Waals surface area contributed by atoms with Gasteiger partial charge < -0.3 is 14.3 Å². The van der Waals surface area contributed by atoms with Crippen LogP contribution in [-0.2, 0) is 10.3 Å². The fraction of sp³-hybridized carbons (Fsp3) is 0.684. The predicted octanol–water partition coefficient (Wildman–Crippen LogP) is 2.54. The van der Waals surface area contributed by atoms with Crippen LogP contribution in [0.5, 0.6) is 0 Å². The molecule has 5 rings (SSSR count). The number of fused-ring (bicyclic) bond motifs is 3. The van der Waals surface area contributed by atoms with E-state index in [0.717, 1.165) is 29.4 Å². The summed E-state index contributed by atoms with van der Waals surface area (Å²) < 4.78 is 7.50. The number of hydrogen-bond donors (Lipinski definition) is 1. The van der Waals surface area contributed by atoms with E-state index in [1.54, 1.807) is 0 Å². The molecule has 4 fully saturated rings. The highest BCUT2D eigenvalue weighted by molar-refractivity contribution is 5.25. The zero-order valence-electron chi connectivity index (χ0n) is 13.6. The zero-order valence-corrected chi connectivity index (χ0v) is 13.6. The predicted molar refractivity (Wildman–Crippen MR) is 86.3 cm³/mol. The summed E-state index contributed by atoms with van der Waals surface area (Å²) in [6, 6.07) is 10.1. The molecule has 0 aromatic heterocycles. The van der Waals surface area contributed by atoms with Crippen LogP contribution in [0.15, 0.2) is 30.3 Å². The van der Waals surface area contributed by atoms with Crippen molar-refractivity contribution in [3.63, 3.8) is 0 Å². The lowest BCUT2D eigenvalue weighted by Gasteiger charge is -2.50. The molecule has 2 atom stereocenters. The summed E-state index contributed by atoms with van der Waals surface area (Å²) >= 11 is 0. The lowest BCUT2D eigenvalue weighted by atomic mass is 9.83. The Kier molecular flexibility index (Phi) is 3.55. The van der Waals surface area contributed by atoms with Crippen molar-refractivity contribution in [1.29, 1.82) is 0 Å². The van der Waals surface area contributed by atoms with E-state index in [1.165, 1.54) is 25.9 Å². The van der Waals surface area contributed by atoms with Crippen molar-refractivity contribution in [2.75, 3.05) is 33.3 Å². The first kappa shape index (κ1) is 14.7. The number of rotatable bonds is 5. The summed E-state index contributed by atoms with van der Waals surface area (Å²) in [6.45, 7) is 4.19. The third-order valence-corrected chi connectivity index (χ3v) is 6.27. The van der Waals surface area contributed by atoms with Crippen molar-refractivity contribution < 1.29 is 14.3 Å². The third-order valence-electron chi connectivity index (χ3n) is 6.27. The van der Waals surface area contributed by atoms with Crippen LogP contribution < -0.4 is 0 Å². The van der Waals surface area contributed by atoms with Crippen LogP contribution in [0.1, 0.15) is 31.2 Å². The molecule has 3 aliphatic heterocycles. The molecule has 1 saturated carbocycles. The second kappa shape index (κ2) is 5.33. The highest BCUT2D eigenvalue weighted by Crippen LogP contribution is 2.46. The quantitative estimate of drug-likeness (QED) is 0.847. The van der Waals surface area contributed by atoms with Gasteiger partial charge in [0, 0.05) is 18.8 Å². The molecule has 1 aliphatic carbocycles. The first-order valence-electron chi connectivity index (χ1n) is 8.82. The average molecular weight is 302 g/mol. The lowest BCUT2D eigenvalue weighted by Crippen LogP contribution is -2.62. The Bertz CT molecular complexity index is 519. The van der Waals surface area contributed by atoms with Crippen molar-refractivity contribution in [3.05, 3.63) is 35.9 Å². The Labute approximate surface area is 133 Å². The summed E-state index contributed by atoms with van der Waals surface area (Å²) in [4.78, 5) is 0. The van der Waals surface area contributed by atoms with Crippen molar-refractivity contribution in [3.8, 4) is 0 Å². The first-order valence-corrected chi connectivity index (χ1v) is 8.82. The monoisotopic (exact) mass is 302 g/mol. The molecule has 0 radical (unpaired) electrons. The molecule has 3 saturated heterocycles. The summed E-state index contributed by atoms with van der Waals surface area (Å²) in [7, 11) is 2.36. The molecule has 1 unspecified atom stereocenters. The number of piperidine rings is 3. The van der Waals surface area contributed by atoms with Crippen molar-refractivity contribution in [2.45, 2.75) is 37.4 Å². The van der Waals surface area contributed by atoms with E-state index in [-0.39, 0.29) is 0 Å². The number of benzene rings is 1. The fourth-order valence-corrected chi connectivity index (χ4v) is 4.50. The topological polar surface area (TPSA) is 29.5 Å². The van der Waals surface area contributed by atoms with E-state index in [2.05, 4.69) is 7.05 Å². The molecule has 22 heavy (non-hydrogen) atoms. The maximum atomic E-state index is 11.3. The van der Waals surface area contributed by atoms with E-state index >= 15 is 0 Å². The Morgan fingerprint density at radius 1 is 1.14 bits per heavy atom. The van der Waals surface area contributed by atoms with Gasteiger partial charge in [-0.25, -0.2) is 0 Å². The largest absolute Gasteiger partial charge is 0.382 e. The van der Waals surface area contributed by atoms with Gasteiger partial charge in [-0.05, 0) is 24.3 Å². The molecule has 120 valence electrons. The molecule has 1 N–H and O–H groups in total. The van der Waals surface area contributed by atoms with E-state index in [0.29, 0.717) is 24.5 Å². The lowest BCUT2D eigenvalue weighted by molar-refractivity contribution is -0.928. The van der Waals surface area contributed by atoms with Gasteiger partial charge in [-0.15, -0.1) is 0 Å². The minimum atomic E-state index is -0.786. The summed E-state index contributed by atoms with van der Waals surface area (Å²) in [5.74, 6) is 1.08. The minimum Gasteiger partial charge on any atom is -0.382 e. The normalized spacial score (nSPS) is 37.0. The van der Waals surface area contributed by atoms with Gasteiger partial charge in [-0.3, -0.25) is 0 Å². The van der Waals surface area contributed by atoms with Crippen LogP contribution in [0.3, 0.4) is 0 Å². The first-order chi connectivity index (χ1) is 10.6. The van der Waals surface area contributed by atoms with E-state index in [1.807, 2.05) is 30.3 Å². The molecular weight excluding hydrogens is 274 g/mol. The zero-order chi connectivity index (χ0) is 15.2. The number of nitrogens with zero attached hydrogens (tertiary/aromatic N) is 1. The maximum absolute atomic E-state index is 11.3. The molecule has 3 heterocycles. The second-order valence-electron chi connectivity index (χ2n) is 8.00. The minimum absolute atomic E-state index is 0.335. The summed E-state index contributed by atoms with van der Waals surface area (Å²) in [5.41, 5.74) is 0.241. The Morgan fingerprint density at radius 3 is 2.41 bits per heavy atom. The molecule has 3 heteroatoms. The van der Waals surface area contributed by atoms with Gasteiger partial charge in [0.05, 0.1) is 26.7 Å². The highest BCUT2D eigenvalue weighted by atomic mass is 16.5. The molecule has 0 spiro atoms. The van der Waals surface area contributed by atoms with Gasteiger partial charge in [0.2, 0.25) is 0 Å². The fourth-order valence-electron chi connectivity index (χ4n) is 4.50. The molecule has 2 bridgehead atoms.